The summed E-state index contributed by atoms with van der Waals surface area (Å²) in [5.41, 5.74) is 3.50. The summed E-state index contributed by atoms with van der Waals surface area (Å²) >= 11 is 0. The normalized spacial score (nSPS) is 11.1. The van der Waals surface area contributed by atoms with Crippen LogP contribution >= 0.6 is 0 Å². The molecule has 10 heteroatoms. The second-order valence-corrected chi connectivity index (χ2v) is 8.04. The van der Waals surface area contributed by atoms with Crippen LogP contribution in [0.5, 0.6) is 11.6 Å². The lowest BCUT2D eigenvalue weighted by Crippen LogP contribution is -2.26. The van der Waals surface area contributed by atoms with Crippen LogP contribution in [0.4, 0.5) is 4.39 Å². The van der Waals surface area contributed by atoms with Crippen molar-refractivity contribution >= 4 is 16.9 Å². The number of fused-ring (bicyclic) bond motifs is 1. The zero-order chi connectivity index (χ0) is 25.1. The minimum atomic E-state index is -0.675. The highest BCUT2D eigenvalue weighted by molar-refractivity contribution is 5.98. The van der Waals surface area contributed by atoms with Crippen LogP contribution in [0.1, 0.15) is 23.0 Å². The molecular weight excluding hydrogens is 463 g/mol. The minimum absolute atomic E-state index is 0.00287. The molecule has 0 saturated carbocycles. The van der Waals surface area contributed by atoms with Gasteiger partial charge in [-0.3, -0.25) is 4.79 Å². The second kappa shape index (κ2) is 9.87. The van der Waals surface area contributed by atoms with Gasteiger partial charge in [-0.15, -0.1) is 0 Å². The molecule has 0 bridgehead atoms. The molecule has 0 aliphatic rings. The van der Waals surface area contributed by atoms with Crippen LogP contribution in [0.25, 0.3) is 33.5 Å². The SMILES string of the molecule is CCOc1ncccc1-c1ccc(O)c(-c2nc3cc(C(=O)NCCc4cnc[nH]4)c(F)cc3[nH]2)c1. The molecule has 0 unspecified atom stereocenters. The Bertz CT molecular complexity index is 1530. The Morgan fingerprint density at radius 3 is 2.89 bits per heavy atom. The van der Waals surface area contributed by atoms with Crippen molar-refractivity contribution in [1.82, 2.24) is 30.2 Å². The van der Waals surface area contributed by atoms with Gasteiger partial charge in [-0.25, -0.2) is 19.3 Å². The molecule has 0 aliphatic carbocycles. The number of rotatable bonds is 8. The van der Waals surface area contributed by atoms with Crippen LogP contribution < -0.4 is 10.1 Å². The van der Waals surface area contributed by atoms with E-state index in [1.54, 1.807) is 43.0 Å². The Kier molecular flexibility index (Phi) is 6.31. The van der Waals surface area contributed by atoms with E-state index in [1.165, 1.54) is 12.1 Å². The smallest absolute Gasteiger partial charge is 0.254 e. The zero-order valence-electron chi connectivity index (χ0n) is 19.4. The number of ether oxygens (including phenoxy) is 1. The molecule has 36 heavy (non-hydrogen) atoms. The van der Waals surface area contributed by atoms with Crippen LogP contribution in [-0.2, 0) is 6.42 Å². The van der Waals surface area contributed by atoms with E-state index in [2.05, 4.69) is 30.2 Å². The molecule has 2 aromatic carbocycles. The van der Waals surface area contributed by atoms with E-state index in [9.17, 15) is 14.3 Å². The van der Waals surface area contributed by atoms with Crippen molar-refractivity contribution in [3.8, 4) is 34.1 Å². The lowest BCUT2D eigenvalue weighted by atomic mass is 10.0. The summed E-state index contributed by atoms with van der Waals surface area (Å²) < 4.78 is 20.4. The summed E-state index contributed by atoms with van der Waals surface area (Å²) in [4.78, 5) is 31.3. The van der Waals surface area contributed by atoms with Gasteiger partial charge in [0.25, 0.3) is 5.91 Å². The van der Waals surface area contributed by atoms with Crippen molar-refractivity contribution in [2.24, 2.45) is 0 Å². The van der Waals surface area contributed by atoms with E-state index in [-0.39, 0.29) is 11.3 Å². The first-order valence-electron chi connectivity index (χ1n) is 11.4. The number of benzene rings is 2. The standard InChI is InChI=1S/C26H23FN6O3/c1-2-36-26-17(4-3-8-30-26)15-5-6-23(34)19(10-15)24-32-21-11-18(20(27)12-22(21)33-24)25(35)29-9-7-16-13-28-14-31-16/h3-6,8,10-14,34H,2,7,9H2,1H3,(H,28,31)(H,29,35)(H,32,33). The van der Waals surface area contributed by atoms with Crippen LogP contribution in [0, 0.1) is 5.82 Å². The summed E-state index contributed by atoms with van der Waals surface area (Å²) in [6.07, 6.45) is 5.41. The maximum atomic E-state index is 14.8. The number of carbonyl (C=O) groups is 1. The Balaban J connectivity index is 1.44. The van der Waals surface area contributed by atoms with Crippen LogP contribution in [0.2, 0.25) is 0 Å². The second-order valence-electron chi connectivity index (χ2n) is 8.04. The Morgan fingerprint density at radius 2 is 2.08 bits per heavy atom. The highest BCUT2D eigenvalue weighted by atomic mass is 19.1. The van der Waals surface area contributed by atoms with Crippen molar-refractivity contribution in [3.63, 3.8) is 0 Å². The predicted molar refractivity (Wildman–Crippen MR) is 132 cm³/mol. The summed E-state index contributed by atoms with van der Waals surface area (Å²) in [6.45, 7) is 2.66. The van der Waals surface area contributed by atoms with E-state index in [1.807, 2.05) is 13.0 Å². The Hall–Kier alpha value is -4.73. The highest BCUT2D eigenvalue weighted by Gasteiger charge is 2.18. The van der Waals surface area contributed by atoms with Gasteiger partial charge in [0.15, 0.2) is 0 Å². The molecule has 0 atom stereocenters. The number of nitrogens with zero attached hydrogens (tertiary/aromatic N) is 3. The number of nitrogens with one attached hydrogen (secondary N) is 3. The molecule has 5 rings (SSSR count). The van der Waals surface area contributed by atoms with Crippen molar-refractivity contribution in [1.29, 1.82) is 0 Å². The van der Waals surface area contributed by atoms with Crippen molar-refractivity contribution in [2.45, 2.75) is 13.3 Å². The average molecular weight is 487 g/mol. The van der Waals surface area contributed by atoms with Gasteiger partial charge in [0.05, 0.1) is 35.1 Å². The summed E-state index contributed by atoms with van der Waals surface area (Å²) in [5.74, 6) is -0.402. The molecule has 9 nitrogen and oxygen atoms in total. The van der Waals surface area contributed by atoms with Gasteiger partial charge >= 0.3 is 0 Å². The molecule has 0 fully saturated rings. The van der Waals surface area contributed by atoms with Crippen LogP contribution in [-0.4, -0.2) is 49.1 Å². The number of phenolic OH excluding ortho intramolecular Hbond substituents is 1. The number of aromatic nitrogens is 5. The molecular formula is C26H23FN6O3. The molecule has 5 aromatic rings. The quantitative estimate of drug-likeness (QED) is 0.260. The fraction of sp³-hybridized carbons (Fsp3) is 0.154. The van der Waals surface area contributed by atoms with E-state index in [4.69, 9.17) is 4.74 Å². The molecule has 0 saturated heterocycles. The number of H-pyrrole nitrogens is 2. The number of hydrogen-bond acceptors (Lipinski definition) is 6. The van der Waals surface area contributed by atoms with Crippen LogP contribution in [0.3, 0.4) is 0 Å². The monoisotopic (exact) mass is 486 g/mol. The van der Waals surface area contributed by atoms with E-state index < -0.39 is 11.7 Å². The number of imidazole rings is 2. The highest BCUT2D eigenvalue weighted by Crippen LogP contribution is 2.36. The minimum Gasteiger partial charge on any atom is -0.507 e. The van der Waals surface area contributed by atoms with Gasteiger partial charge in [0.2, 0.25) is 5.88 Å². The third-order valence-corrected chi connectivity index (χ3v) is 5.66. The van der Waals surface area contributed by atoms with E-state index in [0.717, 1.165) is 16.8 Å². The van der Waals surface area contributed by atoms with Gasteiger partial charge in [-0.05, 0) is 42.8 Å². The van der Waals surface area contributed by atoms with Crippen molar-refractivity contribution < 1.29 is 19.0 Å². The molecule has 1 amide bonds. The van der Waals surface area contributed by atoms with Gasteiger partial charge in [0.1, 0.15) is 17.4 Å². The molecule has 182 valence electrons. The van der Waals surface area contributed by atoms with Crippen molar-refractivity contribution in [3.05, 3.63) is 78.3 Å². The Morgan fingerprint density at radius 1 is 1.19 bits per heavy atom. The largest absolute Gasteiger partial charge is 0.507 e. The number of carbonyl (C=O) groups excluding carboxylic acids is 1. The number of halogens is 1. The first-order valence-corrected chi connectivity index (χ1v) is 11.4. The molecule has 0 spiro atoms. The molecule has 0 radical (unpaired) electrons. The third-order valence-electron chi connectivity index (χ3n) is 5.66. The van der Waals surface area contributed by atoms with Gasteiger partial charge < -0.3 is 25.1 Å². The van der Waals surface area contributed by atoms with Crippen molar-refractivity contribution in [2.75, 3.05) is 13.2 Å². The lowest BCUT2D eigenvalue weighted by molar-refractivity contribution is 0.0950. The summed E-state index contributed by atoms with van der Waals surface area (Å²) in [5, 5.41) is 13.3. The number of aromatic amines is 2. The topological polar surface area (TPSA) is 129 Å². The summed E-state index contributed by atoms with van der Waals surface area (Å²) in [6, 6.07) is 11.4. The Labute approximate surface area is 205 Å². The molecule has 0 aliphatic heterocycles. The maximum Gasteiger partial charge on any atom is 0.254 e. The molecule has 3 aromatic heterocycles. The molecule has 4 N–H and O–H groups in total. The third kappa shape index (κ3) is 4.61. The number of hydrogen-bond donors (Lipinski definition) is 4. The summed E-state index contributed by atoms with van der Waals surface area (Å²) in [7, 11) is 0. The number of phenols is 1. The van der Waals surface area contributed by atoms with Gasteiger partial charge in [-0.2, -0.15) is 0 Å². The first kappa shape index (κ1) is 23.0. The van der Waals surface area contributed by atoms with E-state index in [0.29, 0.717) is 47.9 Å². The van der Waals surface area contributed by atoms with E-state index >= 15 is 0 Å². The fourth-order valence-corrected chi connectivity index (χ4v) is 3.91. The fourth-order valence-electron chi connectivity index (χ4n) is 3.91. The predicted octanol–water partition coefficient (Wildman–Crippen LogP) is 4.23. The first-order chi connectivity index (χ1) is 17.5. The lowest BCUT2D eigenvalue weighted by Gasteiger charge is -2.10. The average Bonchev–Trinajstić information content (AvgIpc) is 3.54. The zero-order valence-corrected chi connectivity index (χ0v) is 19.4. The van der Waals surface area contributed by atoms with Gasteiger partial charge in [0, 0.05) is 42.7 Å². The number of pyridine rings is 1. The number of amides is 1. The van der Waals surface area contributed by atoms with Gasteiger partial charge in [-0.1, -0.05) is 6.07 Å². The van der Waals surface area contributed by atoms with Crippen LogP contribution in [0.15, 0.2) is 61.2 Å². The molecule has 3 heterocycles. The number of aromatic hydroxyl groups is 1. The maximum absolute atomic E-state index is 14.8.